The van der Waals surface area contributed by atoms with Crippen molar-refractivity contribution in [2.75, 3.05) is 0 Å². The molecule has 0 saturated carbocycles. The number of fused-ring (bicyclic) bond motifs is 1. The fourth-order valence-corrected chi connectivity index (χ4v) is 4.74. The molecule has 2 aromatic carbocycles. The molecule has 10 N–H and O–H groups in total. The van der Waals surface area contributed by atoms with Crippen molar-refractivity contribution >= 4 is 40.5 Å². The van der Waals surface area contributed by atoms with Gasteiger partial charge in [0.15, 0.2) is 0 Å². The SMILES string of the molecule is NC(=O)CC(N)C(=O)NC(Cc1cnc[nH]1)C(=O)NC(Cc1ccccc1)C(=O)NC(Cc1c[nH]c2ccccc12)C(=O)O. The van der Waals surface area contributed by atoms with Crippen molar-refractivity contribution in [3.8, 4) is 0 Å². The summed E-state index contributed by atoms with van der Waals surface area (Å²) in [4.78, 5) is 73.3. The van der Waals surface area contributed by atoms with Gasteiger partial charge in [0.1, 0.15) is 18.1 Å². The first-order valence-electron chi connectivity index (χ1n) is 13.8. The Hall–Kier alpha value is -5.50. The first-order chi connectivity index (χ1) is 21.1. The molecular formula is C30H34N8O6. The lowest BCUT2D eigenvalue weighted by atomic mass is 10.0. The molecule has 14 nitrogen and oxygen atoms in total. The molecule has 230 valence electrons. The van der Waals surface area contributed by atoms with Crippen molar-refractivity contribution in [1.29, 1.82) is 0 Å². The maximum absolute atomic E-state index is 13.6. The lowest BCUT2D eigenvalue weighted by Gasteiger charge is -2.25. The summed E-state index contributed by atoms with van der Waals surface area (Å²) in [6, 6.07) is 11.2. The van der Waals surface area contributed by atoms with E-state index in [-0.39, 0.29) is 19.3 Å². The first kappa shape index (κ1) is 31.4. The topological polar surface area (TPSA) is 238 Å². The Morgan fingerprint density at radius 3 is 2.09 bits per heavy atom. The van der Waals surface area contributed by atoms with Gasteiger partial charge in [-0.3, -0.25) is 19.2 Å². The number of rotatable bonds is 15. The highest BCUT2D eigenvalue weighted by Gasteiger charge is 2.31. The van der Waals surface area contributed by atoms with Crippen molar-refractivity contribution in [3.63, 3.8) is 0 Å². The van der Waals surface area contributed by atoms with Crippen LogP contribution in [0.1, 0.15) is 23.2 Å². The molecular weight excluding hydrogens is 568 g/mol. The lowest BCUT2D eigenvalue weighted by Crippen LogP contribution is -2.58. The van der Waals surface area contributed by atoms with Crippen molar-refractivity contribution in [3.05, 3.63) is 90.1 Å². The number of hydrogen-bond acceptors (Lipinski definition) is 7. The number of nitrogens with zero attached hydrogens (tertiary/aromatic N) is 1. The number of carbonyl (C=O) groups excluding carboxylic acids is 4. The number of H-pyrrole nitrogens is 2. The van der Waals surface area contributed by atoms with Crippen LogP contribution in [-0.2, 0) is 43.2 Å². The molecule has 4 rings (SSSR count). The van der Waals surface area contributed by atoms with Crippen LogP contribution in [0.4, 0.5) is 0 Å². The van der Waals surface area contributed by atoms with Gasteiger partial charge in [-0.2, -0.15) is 0 Å². The number of benzene rings is 2. The van der Waals surface area contributed by atoms with Crippen LogP contribution in [0.2, 0.25) is 0 Å². The average Bonchev–Trinajstić information content (AvgIpc) is 3.66. The van der Waals surface area contributed by atoms with Crippen LogP contribution < -0.4 is 27.4 Å². The fourth-order valence-electron chi connectivity index (χ4n) is 4.74. The molecule has 4 unspecified atom stereocenters. The number of aromatic nitrogens is 3. The summed E-state index contributed by atoms with van der Waals surface area (Å²) in [5.41, 5.74) is 13.7. The van der Waals surface area contributed by atoms with Gasteiger partial charge in [0.2, 0.25) is 23.6 Å². The highest BCUT2D eigenvalue weighted by molar-refractivity contribution is 5.95. The number of primary amides is 1. The fraction of sp³-hybridized carbons (Fsp3) is 0.267. The Morgan fingerprint density at radius 1 is 0.795 bits per heavy atom. The third-order valence-electron chi connectivity index (χ3n) is 7.00. The van der Waals surface area contributed by atoms with Gasteiger partial charge in [-0.25, -0.2) is 9.78 Å². The molecule has 0 aliphatic heterocycles. The number of hydrogen-bond donors (Lipinski definition) is 8. The summed E-state index contributed by atoms with van der Waals surface area (Å²) in [5.74, 6) is -4.30. The van der Waals surface area contributed by atoms with Crippen LogP contribution in [-0.4, -0.2) is 73.8 Å². The second-order valence-electron chi connectivity index (χ2n) is 10.3. The van der Waals surface area contributed by atoms with E-state index in [2.05, 4.69) is 30.9 Å². The minimum Gasteiger partial charge on any atom is -0.480 e. The van der Waals surface area contributed by atoms with E-state index in [4.69, 9.17) is 11.5 Å². The number of carboxylic acid groups (broad SMARTS) is 1. The molecule has 0 fully saturated rings. The number of nitrogens with one attached hydrogen (secondary N) is 5. The zero-order valence-electron chi connectivity index (χ0n) is 23.7. The molecule has 0 bridgehead atoms. The number of imidazole rings is 1. The molecule has 0 spiro atoms. The number of amides is 4. The van der Waals surface area contributed by atoms with Crippen molar-refractivity contribution in [1.82, 2.24) is 30.9 Å². The van der Waals surface area contributed by atoms with Gasteiger partial charge in [-0.05, 0) is 17.2 Å². The molecule has 0 aliphatic rings. The molecule has 0 radical (unpaired) electrons. The van der Waals surface area contributed by atoms with Crippen molar-refractivity contribution in [2.24, 2.45) is 11.5 Å². The van der Waals surface area contributed by atoms with Gasteiger partial charge >= 0.3 is 5.97 Å². The number of aromatic amines is 2. The summed E-state index contributed by atoms with van der Waals surface area (Å²) < 4.78 is 0. The van der Waals surface area contributed by atoms with E-state index >= 15 is 0 Å². The van der Waals surface area contributed by atoms with E-state index in [0.29, 0.717) is 16.8 Å². The number of aliphatic carboxylic acids is 1. The van der Waals surface area contributed by atoms with E-state index in [0.717, 1.165) is 10.9 Å². The van der Waals surface area contributed by atoms with E-state index in [9.17, 15) is 29.1 Å². The van der Waals surface area contributed by atoms with Crippen LogP contribution in [0.3, 0.4) is 0 Å². The van der Waals surface area contributed by atoms with E-state index in [1.54, 1.807) is 36.5 Å². The molecule has 44 heavy (non-hydrogen) atoms. The monoisotopic (exact) mass is 602 g/mol. The second-order valence-corrected chi connectivity index (χ2v) is 10.3. The summed E-state index contributed by atoms with van der Waals surface area (Å²) in [5, 5.41) is 18.6. The van der Waals surface area contributed by atoms with Crippen molar-refractivity contribution < 1.29 is 29.1 Å². The Kier molecular flexibility index (Phi) is 10.4. The average molecular weight is 603 g/mol. The molecule has 4 atom stereocenters. The Labute approximate surface area is 252 Å². The number of nitrogens with two attached hydrogens (primary N) is 2. The van der Waals surface area contributed by atoms with Crippen LogP contribution >= 0.6 is 0 Å². The van der Waals surface area contributed by atoms with Crippen LogP contribution in [0, 0.1) is 0 Å². The zero-order valence-corrected chi connectivity index (χ0v) is 23.7. The maximum Gasteiger partial charge on any atom is 0.326 e. The summed E-state index contributed by atoms with van der Waals surface area (Å²) >= 11 is 0. The summed E-state index contributed by atoms with van der Waals surface area (Å²) in [7, 11) is 0. The number of carboxylic acids is 1. The highest BCUT2D eigenvalue weighted by Crippen LogP contribution is 2.19. The molecule has 2 aromatic heterocycles. The highest BCUT2D eigenvalue weighted by atomic mass is 16.4. The Bertz CT molecular complexity index is 1600. The van der Waals surface area contributed by atoms with Gasteiger partial charge in [0.25, 0.3) is 0 Å². The van der Waals surface area contributed by atoms with E-state index in [1.165, 1.54) is 12.5 Å². The summed E-state index contributed by atoms with van der Waals surface area (Å²) in [6.45, 7) is 0. The van der Waals surface area contributed by atoms with Crippen LogP contribution in [0.15, 0.2) is 73.3 Å². The second kappa shape index (κ2) is 14.6. The Morgan fingerprint density at radius 2 is 1.43 bits per heavy atom. The first-order valence-corrected chi connectivity index (χ1v) is 13.8. The van der Waals surface area contributed by atoms with Gasteiger partial charge in [0.05, 0.1) is 18.8 Å². The lowest BCUT2D eigenvalue weighted by molar-refractivity contribution is -0.142. The third kappa shape index (κ3) is 8.51. The minimum absolute atomic E-state index is 0.00660. The maximum atomic E-state index is 13.6. The molecule has 4 aromatic rings. The quantitative estimate of drug-likeness (QED) is 0.0893. The standard InChI is InChI=1S/C30H34N8O6/c31-21(13-26(32)39)27(40)36-24(12-19-15-33-16-35-19)29(42)37-23(10-17-6-2-1-3-7-17)28(41)38-25(30(43)44)11-18-14-34-22-9-5-4-8-20(18)22/h1-9,14-16,21,23-25,34H,10-13,31H2,(H2,32,39)(H,33,35)(H,36,40)(H,37,42)(H,38,41)(H,43,44). The van der Waals surface area contributed by atoms with Gasteiger partial charge in [0, 0.05) is 48.3 Å². The van der Waals surface area contributed by atoms with Gasteiger partial charge in [-0.1, -0.05) is 48.5 Å². The number of para-hydroxylation sites is 1. The predicted octanol–water partition coefficient (Wildman–Crippen LogP) is -0.339. The largest absolute Gasteiger partial charge is 0.480 e. The molecule has 0 saturated heterocycles. The van der Waals surface area contributed by atoms with Crippen LogP contribution in [0.25, 0.3) is 10.9 Å². The van der Waals surface area contributed by atoms with E-state index in [1.807, 2.05) is 24.3 Å². The predicted molar refractivity (Wildman–Crippen MR) is 160 cm³/mol. The normalized spacial score (nSPS) is 13.8. The van der Waals surface area contributed by atoms with Crippen LogP contribution in [0.5, 0.6) is 0 Å². The molecule has 0 aliphatic carbocycles. The molecule has 2 heterocycles. The van der Waals surface area contributed by atoms with E-state index < -0.39 is 60.2 Å². The van der Waals surface area contributed by atoms with Gasteiger partial charge in [-0.15, -0.1) is 0 Å². The molecule has 14 heteroatoms. The van der Waals surface area contributed by atoms with Gasteiger partial charge < -0.3 is 42.5 Å². The smallest absolute Gasteiger partial charge is 0.326 e. The summed E-state index contributed by atoms with van der Waals surface area (Å²) in [6.07, 6.45) is 4.11. The number of carbonyl (C=O) groups is 5. The third-order valence-corrected chi connectivity index (χ3v) is 7.00. The van der Waals surface area contributed by atoms with Crippen molar-refractivity contribution in [2.45, 2.75) is 49.9 Å². The minimum atomic E-state index is -1.30. The zero-order chi connectivity index (χ0) is 31.6. The molecule has 4 amide bonds. The Balaban J connectivity index is 1.55.